The molecule has 0 aliphatic heterocycles. The van der Waals surface area contributed by atoms with Gasteiger partial charge in [-0.15, -0.1) is 0 Å². The van der Waals surface area contributed by atoms with Crippen LogP contribution >= 0.6 is 0 Å². The molecule has 0 fully saturated rings. The Morgan fingerprint density at radius 2 is 0.607 bits per heavy atom. The van der Waals surface area contributed by atoms with Crippen LogP contribution in [-0.2, 0) is 28.6 Å². The van der Waals surface area contributed by atoms with Gasteiger partial charge in [0.05, 0.1) is 0 Å². The van der Waals surface area contributed by atoms with E-state index in [1.807, 2.05) is 0 Å². The molecule has 0 aliphatic rings. The van der Waals surface area contributed by atoms with Crippen molar-refractivity contribution in [1.82, 2.24) is 0 Å². The average Bonchev–Trinajstić information content (AvgIpc) is 3.26. The third kappa shape index (κ3) is 48.0. The first kappa shape index (κ1) is 58.1. The molecule has 0 spiro atoms. The van der Waals surface area contributed by atoms with Gasteiger partial charge in [-0.3, -0.25) is 14.4 Å². The standard InChI is InChI=1S/C55H96O6/c1-4-7-10-13-16-19-22-24-26-27-29-30-33-36-39-42-45-48-54(57)60-51-52(50-59-53(56)47-44-41-38-35-32-21-18-15-12-9-6-3)61-55(58)49-46-43-40-37-34-31-28-25-23-20-17-14-11-8-5-2/h15,17-18,20,24-26,28,34,37,52H,4-14,16,19,21-23,27,29-33,35-36,38-51H2,1-3H3/b18-15-,20-17-,26-24-,28-25-,37-34-/t52-/m0/s1. The largest absolute Gasteiger partial charge is 0.462 e. The van der Waals surface area contributed by atoms with Gasteiger partial charge in [0.2, 0.25) is 0 Å². The fraction of sp³-hybridized carbons (Fsp3) is 0.764. The highest BCUT2D eigenvalue weighted by Crippen LogP contribution is 2.14. The summed E-state index contributed by atoms with van der Waals surface area (Å²) in [4.78, 5) is 37.9. The molecule has 0 aromatic heterocycles. The number of hydrogen-bond acceptors (Lipinski definition) is 6. The molecular formula is C55H96O6. The fourth-order valence-electron chi connectivity index (χ4n) is 7.01. The second-order valence-corrected chi connectivity index (χ2v) is 17.1. The summed E-state index contributed by atoms with van der Waals surface area (Å²) in [6, 6.07) is 0. The summed E-state index contributed by atoms with van der Waals surface area (Å²) < 4.78 is 16.7. The van der Waals surface area contributed by atoms with Crippen molar-refractivity contribution in [2.45, 2.75) is 258 Å². The summed E-state index contributed by atoms with van der Waals surface area (Å²) in [5, 5.41) is 0. The maximum atomic E-state index is 12.8. The Balaban J connectivity index is 4.42. The van der Waals surface area contributed by atoms with Gasteiger partial charge in [-0.1, -0.05) is 191 Å². The number of carbonyl (C=O) groups is 3. The molecule has 0 saturated carbocycles. The topological polar surface area (TPSA) is 78.9 Å². The Kier molecular flexibility index (Phi) is 47.4. The normalized spacial score (nSPS) is 12.5. The van der Waals surface area contributed by atoms with Crippen LogP contribution in [0.4, 0.5) is 0 Å². The molecule has 0 aromatic rings. The molecule has 1 atom stereocenters. The van der Waals surface area contributed by atoms with E-state index in [2.05, 4.69) is 81.5 Å². The number of carbonyl (C=O) groups excluding carboxylic acids is 3. The third-order valence-corrected chi connectivity index (χ3v) is 11.0. The smallest absolute Gasteiger partial charge is 0.306 e. The van der Waals surface area contributed by atoms with E-state index in [4.69, 9.17) is 14.2 Å². The summed E-state index contributed by atoms with van der Waals surface area (Å²) in [6.07, 6.45) is 60.6. The predicted molar refractivity (Wildman–Crippen MR) is 261 cm³/mol. The first-order valence-corrected chi connectivity index (χ1v) is 25.8. The van der Waals surface area contributed by atoms with Crippen molar-refractivity contribution in [3.8, 4) is 0 Å². The molecule has 0 radical (unpaired) electrons. The van der Waals surface area contributed by atoms with Gasteiger partial charge in [0, 0.05) is 19.3 Å². The number of unbranched alkanes of at least 4 members (excludes halogenated alkanes) is 25. The first-order chi connectivity index (χ1) is 30.0. The minimum absolute atomic E-state index is 0.0942. The number of allylic oxidation sites excluding steroid dienone is 10. The predicted octanol–water partition coefficient (Wildman–Crippen LogP) is 16.9. The van der Waals surface area contributed by atoms with Crippen molar-refractivity contribution in [3.05, 3.63) is 60.8 Å². The van der Waals surface area contributed by atoms with E-state index in [0.29, 0.717) is 19.3 Å². The lowest BCUT2D eigenvalue weighted by Gasteiger charge is -2.18. The van der Waals surface area contributed by atoms with Gasteiger partial charge in [-0.05, 0) is 103 Å². The molecule has 0 saturated heterocycles. The van der Waals surface area contributed by atoms with Crippen LogP contribution in [0, 0.1) is 0 Å². The highest BCUT2D eigenvalue weighted by Gasteiger charge is 2.19. The Labute approximate surface area is 377 Å². The van der Waals surface area contributed by atoms with E-state index in [1.165, 1.54) is 135 Å². The lowest BCUT2D eigenvalue weighted by Crippen LogP contribution is -2.30. The Morgan fingerprint density at radius 3 is 1.05 bits per heavy atom. The molecule has 61 heavy (non-hydrogen) atoms. The lowest BCUT2D eigenvalue weighted by atomic mass is 10.1. The molecule has 0 amide bonds. The second-order valence-electron chi connectivity index (χ2n) is 17.1. The maximum absolute atomic E-state index is 12.8. The van der Waals surface area contributed by atoms with Crippen molar-refractivity contribution in [2.75, 3.05) is 13.2 Å². The molecule has 0 aliphatic carbocycles. The van der Waals surface area contributed by atoms with Crippen LogP contribution in [0.5, 0.6) is 0 Å². The highest BCUT2D eigenvalue weighted by atomic mass is 16.6. The van der Waals surface area contributed by atoms with E-state index in [-0.39, 0.29) is 37.5 Å². The van der Waals surface area contributed by atoms with Crippen molar-refractivity contribution >= 4 is 17.9 Å². The molecule has 0 N–H and O–H groups in total. The zero-order valence-electron chi connectivity index (χ0n) is 40.2. The lowest BCUT2D eigenvalue weighted by molar-refractivity contribution is -0.167. The van der Waals surface area contributed by atoms with E-state index >= 15 is 0 Å². The Hall–Kier alpha value is -2.89. The van der Waals surface area contributed by atoms with Crippen molar-refractivity contribution < 1.29 is 28.6 Å². The van der Waals surface area contributed by atoms with E-state index < -0.39 is 6.10 Å². The second kappa shape index (κ2) is 49.8. The zero-order valence-corrected chi connectivity index (χ0v) is 40.2. The molecule has 6 nitrogen and oxygen atoms in total. The molecular weight excluding hydrogens is 757 g/mol. The summed E-state index contributed by atoms with van der Waals surface area (Å²) in [5.74, 6) is -0.945. The van der Waals surface area contributed by atoms with E-state index in [9.17, 15) is 14.4 Å². The van der Waals surface area contributed by atoms with Crippen LogP contribution in [0.25, 0.3) is 0 Å². The van der Waals surface area contributed by atoms with Crippen LogP contribution in [0.2, 0.25) is 0 Å². The molecule has 352 valence electrons. The Morgan fingerprint density at radius 1 is 0.328 bits per heavy atom. The monoisotopic (exact) mass is 853 g/mol. The van der Waals surface area contributed by atoms with Crippen LogP contribution in [-0.4, -0.2) is 37.2 Å². The average molecular weight is 853 g/mol. The van der Waals surface area contributed by atoms with Gasteiger partial charge >= 0.3 is 17.9 Å². The summed E-state index contributed by atoms with van der Waals surface area (Å²) in [7, 11) is 0. The van der Waals surface area contributed by atoms with E-state index in [0.717, 1.165) is 70.6 Å². The van der Waals surface area contributed by atoms with E-state index in [1.54, 1.807) is 0 Å². The van der Waals surface area contributed by atoms with Gasteiger partial charge in [0.15, 0.2) is 6.10 Å². The minimum atomic E-state index is -0.797. The zero-order chi connectivity index (χ0) is 44.4. The van der Waals surface area contributed by atoms with Gasteiger partial charge < -0.3 is 14.2 Å². The number of esters is 3. The van der Waals surface area contributed by atoms with Gasteiger partial charge in [0.25, 0.3) is 0 Å². The third-order valence-electron chi connectivity index (χ3n) is 11.0. The summed E-state index contributed by atoms with van der Waals surface area (Å²) in [5.41, 5.74) is 0. The van der Waals surface area contributed by atoms with Crippen LogP contribution in [0.1, 0.15) is 252 Å². The SMILES string of the molecule is CCCC/C=C\CCCCCCCC(=O)OC[C@@H](COC(=O)CCCCCCCCC/C=C\CCCCCCCC)OC(=O)CCCC/C=C\C/C=C\C/C=C\CCCCC. The van der Waals surface area contributed by atoms with Gasteiger partial charge in [-0.2, -0.15) is 0 Å². The van der Waals surface area contributed by atoms with Crippen molar-refractivity contribution in [3.63, 3.8) is 0 Å². The molecule has 0 heterocycles. The highest BCUT2D eigenvalue weighted by molar-refractivity contribution is 5.71. The van der Waals surface area contributed by atoms with Crippen LogP contribution < -0.4 is 0 Å². The fourth-order valence-corrected chi connectivity index (χ4v) is 7.01. The van der Waals surface area contributed by atoms with Crippen molar-refractivity contribution in [1.29, 1.82) is 0 Å². The first-order valence-electron chi connectivity index (χ1n) is 25.8. The van der Waals surface area contributed by atoms with Crippen LogP contribution in [0.3, 0.4) is 0 Å². The van der Waals surface area contributed by atoms with Gasteiger partial charge in [-0.25, -0.2) is 0 Å². The maximum Gasteiger partial charge on any atom is 0.306 e. The summed E-state index contributed by atoms with van der Waals surface area (Å²) in [6.45, 7) is 6.53. The molecule has 6 heteroatoms. The number of ether oxygens (including phenoxy) is 3. The summed E-state index contributed by atoms with van der Waals surface area (Å²) >= 11 is 0. The van der Waals surface area contributed by atoms with Crippen molar-refractivity contribution in [2.24, 2.45) is 0 Å². The minimum Gasteiger partial charge on any atom is -0.462 e. The molecule has 0 bridgehead atoms. The molecule has 0 aromatic carbocycles. The number of hydrogen-bond donors (Lipinski definition) is 0. The molecule has 0 rings (SSSR count). The van der Waals surface area contributed by atoms with Crippen LogP contribution in [0.15, 0.2) is 60.8 Å². The van der Waals surface area contributed by atoms with Gasteiger partial charge in [0.1, 0.15) is 13.2 Å². The quantitative estimate of drug-likeness (QED) is 0.0263. The molecule has 0 unspecified atom stereocenters. The number of rotatable bonds is 46. The Bertz CT molecular complexity index is 1120.